The van der Waals surface area contributed by atoms with Gasteiger partial charge in [0.1, 0.15) is 11.2 Å². The molecule has 0 bridgehead atoms. The van der Waals surface area contributed by atoms with Crippen LogP contribution in [-0.4, -0.2) is 33.8 Å². The Kier molecular flexibility index (Phi) is 7.25. The molecule has 0 rings (SSSR count). The number of carbonyl (C=O) groups is 2. The standard InChI is InChI=1S/C16H28O6/c1-8-16(7,20-13(19)10-9-12(17)18)11-15(5,6)22-21-14(2,3)4/h9-10H,8,11H2,1-7H3,(H,17,18)/b10-9+. The first kappa shape index (κ1) is 20.6. The van der Waals surface area contributed by atoms with Crippen molar-refractivity contribution in [1.29, 1.82) is 0 Å². The van der Waals surface area contributed by atoms with E-state index < -0.39 is 28.7 Å². The molecule has 22 heavy (non-hydrogen) atoms. The van der Waals surface area contributed by atoms with Gasteiger partial charge in [0.2, 0.25) is 0 Å². The number of rotatable bonds is 8. The molecule has 6 heteroatoms. The zero-order valence-corrected chi connectivity index (χ0v) is 14.6. The van der Waals surface area contributed by atoms with Crippen molar-refractivity contribution in [3.63, 3.8) is 0 Å². The zero-order valence-electron chi connectivity index (χ0n) is 14.6. The lowest BCUT2D eigenvalue weighted by molar-refractivity contribution is -0.401. The fraction of sp³-hybridized carbons (Fsp3) is 0.750. The van der Waals surface area contributed by atoms with E-state index in [-0.39, 0.29) is 0 Å². The van der Waals surface area contributed by atoms with E-state index in [1.807, 2.05) is 41.5 Å². The average Bonchev–Trinajstić information content (AvgIpc) is 2.32. The van der Waals surface area contributed by atoms with Crippen molar-refractivity contribution in [3.05, 3.63) is 12.2 Å². The molecule has 0 fully saturated rings. The minimum atomic E-state index is -1.20. The molecule has 0 aromatic carbocycles. The molecule has 0 amide bonds. The second kappa shape index (κ2) is 7.74. The summed E-state index contributed by atoms with van der Waals surface area (Å²) in [7, 11) is 0. The summed E-state index contributed by atoms with van der Waals surface area (Å²) in [5.74, 6) is -1.89. The number of aliphatic carboxylic acids is 1. The first-order valence-electron chi connectivity index (χ1n) is 7.29. The number of hydrogen-bond donors (Lipinski definition) is 1. The highest BCUT2D eigenvalue weighted by Gasteiger charge is 2.36. The second-order valence-corrected chi connectivity index (χ2v) is 7.11. The summed E-state index contributed by atoms with van der Waals surface area (Å²) in [6.45, 7) is 13.0. The molecule has 0 aliphatic carbocycles. The van der Waals surface area contributed by atoms with Crippen LogP contribution in [0.15, 0.2) is 12.2 Å². The molecule has 128 valence electrons. The molecule has 0 aromatic heterocycles. The Labute approximate surface area is 132 Å². The smallest absolute Gasteiger partial charge is 0.331 e. The molecule has 0 aromatic rings. The van der Waals surface area contributed by atoms with Crippen LogP contribution in [0.1, 0.15) is 61.3 Å². The number of carboxylic acid groups (broad SMARTS) is 1. The maximum atomic E-state index is 11.7. The second-order valence-electron chi connectivity index (χ2n) is 7.11. The lowest BCUT2D eigenvalue weighted by Crippen LogP contribution is -2.41. The van der Waals surface area contributed by atoms with Gasteiger partial charge in [-0.1, -0.05) is 6.92 Å². The van der Waals surface area contributed by atoms with Gasteiger partial charge in [0.05, 0.1) is 5.60 Å². The fourth-order valence-electron chi connectivity index (χ4n) is 1.82. The number of ether oxygens (including phenoxy) is 1. The summed E-state index contributed by atoms with van der Waals surface area (Å²) in [5, 5.41) is 8.52. The van der Waals surface area contributed by atoms with E-state index in [0.717, 1.165) is 12.2 Å². The third-order valence-corrected chi connectivity index (χ3v) is 2.77. The van der Waals surface area contributed by atoms with E-state index in [0.29, 0.717) is 12.8 Å². The Balaban J connectivity index is 4.78. The molecular formula is C16H28O6. The summed E-state index contributed by atoms with van der Waals surface area (Å²) in [6, 6.07) is 0. The Morgan fingerprint density at radius 2 is 1.55 bits per heavy atom. The quantitative estimate of drug-likeness (QED) is 0.320. The van der Waals surface area contributed by atoms with Gasteiger partial charge in [0.15, 0.2) is 0 Å². The topological polar surface area (TPSA) is 82.1 Å². The SMILES string of the molecule is CCC(C)(CC(C)(C)OOC(C)(C)C)OC(=O)/C=C/C(=O)O. The highest BCUT2D eigenvalue weighted by atomic mass is 17.2. The normalized spacial score (nSPS) is 15.6. The average molecular weight is 316 g/mol. The Bertz CT molecular complexity index is 419. The Morgan fingerprint density at radius 1 is 1.00 bits per heavy atom. The Hall–Kier alpha value is -1.40. The molecule has 1 atom stereocenters. The number of esters is 1. The van der Waals surface area contributed by atoms with Crippen LogP contribution < -0.4 is 0 Å². The van der Waals surface area contributed by atoms with Crippen molar-refractivity contribution in [1.82, 2.24) is 0 Å². The predicted octanol–water partition coefficient (Wildman–Crippen LogP) is 3.25. The largest absolute Gasteiger partial charge is 0.478 e. The summed E-state index contributed by atoms with van der Waals surface area (Å²) in [4.78, 5) is 32.9. The van der Waals surface area contributed by atoms with Gasteiger partial charge in [-0.15, -0.1) is 0 Å². The van der Waals surface area contributed by atoms with Gasteiger partial charge in [0, 0.05) is 18.6 Å². The van der Waals surface area contributed by atoms with E-state index in [2.05, 4.69) is 0 Å². The zero-order chi connectivity index (χ0) is 17.6. The fourth-order valence-corrected chi connectivity index (χ4v) is 1.82. The van der Waals surface area contributed by atoms with E-state index in [4.69, 9.17) is 19.6 Å². The van der Waals surface area contributed by atoms with Crippen LogP contribution in [-0.2, 0) is 24.1 Å². The first-order valence-corrected chi connectivity index (χ1v) is 7.29. The molecule has 0 saturated carbocycles. The highest BCUT2D eigenvalue weighted by molar-refractivity contribution is 5.90. The third-order valence-electron chi connectivity index (χ3n) is 2.77. The van der Waals surface area contributed by atoms with Gasteiger partial charge in [-0.3, -0.25) is 0 Å². The van der Waals surface area contributed by atoms with Crippen LogP contribution in [0.3, 0.4) is 0 Å². The molecule has 0 radical (unpaired) electrons. The maximum absolute atomic E-state index is 11.7. The lowest BCUT2D eigenvalue weighted by Gasteiger charge is -2.36. The van der Waals surface area contributed by atoms with Gasteiger partial charge in [0.25, 0.3) is 0 Å². The first-order chi connectivity index (χ1) is 9.79. The number of carbonyl (C=O) groups excluding carboxylic acids is 1. The summed E-state index contributed by atoms with van der Waals surface area (Å²) >= 11 is 0. The molecular weight excluding hydrogens is 288 g/mol. The van der Waals surface area contributed by atoms with Crippen molar-refractivity contribution in [2.45, 2.75) is 78.1 Å². The van der Waals surface area contributed by atoms with Crippen molar-refractivity contribution in [3.8, 4) is 0 Å². The van der Waals surface area contributed by atoms with E-state index in [1.165, 1.54) is 0 Å². The van der Waals surface area contributed by atoms with Crippen LogP contribution in [0, 0.1) is 0 Å². The lowest BCUT2D eigenvalue weighted by atomic mass is 9.88. The maximum Gasteiger partial charge on any atom is 0.331 e. The minimum absolute atomic E-state index is 0.402. The molecule has 1 unspecified atom stereocenters. The van der Waals surface area contributed by atoms with E-state index in [9.17, 15) is 9.59 Å². The van der Waals surface area contributed by atoms with Gasteiger partial charge in [-0.2, -0.15) is 0 Å². The molecule has 0 aliphatic rings. The van der Waals surface area contributed by atoms with Gasteiger partial charge in [-0.05, 0) is 48.0 Å². The predicted molar refractivity (Wildman–Crippen MR) is 82.2 cm³/mol. The van der Waals surface area contributed by atoms with Crippen LogP contribution in [0.25, 0.3) is 0 Å². The van der Waals surface area contributed by atoms with Crippen LogP contribution in [0.2, 0.25) is 0 Å². The minimum Gasteiger partial charge on any atom is -0.478 e. The molecule has 6 nitrogen and oxygen atoms in total. The monoisotopic (exact) mass is 316 g/mol. The van der Waals surface area contributed by atoms with Crippen molar-refractivity contribution >= 4 is 11.9 Å². The van der Waals surface area contributed by atoms with Crippen molar-refractivity contribution in [2.24, 2.45) is 0 Å². The summed E-state index contributed by atoms with van der Waals surface area (Å²) in [6.07, 6.45) is 2.61. The number of carboxylic acids is 1. The molecule has 1 N–H and O–H groups in total. The molecule has 0 spiro atoms. The van der Waals surface area contributed by atoms with E-state index >= 15 is 0 Å². The Morgan fingerprint density at radius 3 is 1.95 bits per heavy atom. The van der Waals surface area contributed by atoms with Crippen molar-refractivity contribution < 1.29 is 29.2 Å². The van der Waals surface area contributed by atoms with E-state index in [1.54, 1.807) is 6.92 Å². The van der Waals surface area contributed by atoms with Crippen LogP contribution in [0.4, 0.5) is 0 Å². The molecule has 0 aliphatic heterocycles. The highest BCUT2D eigenvalue weighted by Crippen LogP contribution is 2.30. The number of hydrogen-bond acceptors (Lipinski definition) is 5. The summed E-state index contributed by atoms with van der Waals surface area (Å²) in [5.41, 5.74) is -1.90. The van der Waals surface area contributed by atoms with Crippen LogP contribution in [0.5, 0.6) is 0 Å². The molecule has 0 saturated heterocycles. The third kappa shape index (κ3) is 9.52. The van der Waals surface area contributed by atoms with Crippen molar-refractivity contribution in [2.75, 3.05) is 0 Å². The van der Waals surface area contributed by atoms with Gasteiger partial charge < -0.3 is 9.84 Å². The molecule has 0 heterocycles. The van der Waals surface area contributed by atoms with Crippen LogP contribution >= 0.6 is 0 Å². The summed E-state index contributed by atoms with van der Waals surface area (Å²) < 4.78 is 5.38. The van der Waals surface area contributed by atoms with Gasteiger partial charge in [-0.25, -0.2) is 19.4 Å². The van der Waals surface area contributed by atoms with Gasteiger partial charge >= 0.3 is 11.9 Å².